The van der Waals surface area contributed by atoms with Crippen LogP contribution >= 0.6 is 11.6 Å². The SMILES string of the molecule is COc1cccc(CS(=O)(=O)c2cc(Cl)ccc2N)n1. The summed E-state index contributed by atoms with van der Waals surface area (Å²) < 4.78 is 29.7. The second-order valence-electron chi connectivity index (χ2n) is 4.11. The van der Waals surface area contributed by atoms with Crippen LogP contribution in [0, 0.1) is 0 Å². The van der Waals surface area contributed by atoms with E-state index in [-0.39, 0.29) is 16.3 Å². The third-order valence-electron chi connectivity index (χ3n) is 2.64. The molecular weight excluding hydrogens is 300 g/mol. The minimum absolute atomic E-state index is 0.00891. The van der Waals surface area contributed by atoms with Gasteiger partial charge in [0.15, 0.2) is 9.84 Å². The predicted molar refractivity (Wildman–Crippen MR) is 77.5 cm³/mol. The van der Waals surface area contributed by atoms with Crippen molar-refractivity contribution < 1.29 is 13.2 Å². The Morgan fingerprint density at radius 2 is 2.05 bits per heavy atom. The van der Waals surface area contributed by atoms with E-state index in [1.165, 1.54) is 19.2 Å². The van der Waals surface area contributed by atoms with Gasteiger partial charge in [-0.2, -0.15) is 0 Å². The third kappa shape index (κ3) is 3.20. The Morgan fingerprint density at radius 1 is 1.30 bits per heavy atom. The molecule has 0 aliphatic rings. The summed E-state index contributed by atoms with van der Waals surface area (Å²) in [6.45, 7) is 0. The van der Waals surface area contributed by atoms with Crippen molar-refractivity contribution in [2.45, 2.75) is 10.6 Å². The molecule has 106 valence electrons. The van der Waals surface area contributed by atoms with Crippen LogP contribution < -0.4 is 10.5 Å². The van der Waals surface area contributed by atoms with E-state index in [4.69, 9.17) is 22.1 Å². The highest BCUT2D eigenvalue weighted by Crippen LogP contribution is 2.25. The lowest BCUT2D eigenvalue weighted by atomic mass is 10.3. The van der Waals surface area contributed by atoms with Gasteiger partial charge in [-0.1, -0.05) is 17.7 Å². The highest BCUT2D eigenvalue weighted by atomic mass is 35.5. The van der Waals surface area contributed by atoms with Gasteiger partial charge in [0.2, 0.25) is 5.88 Å². The first-order valence-electron chi connectivity index (χ1n) is 5.70. The van der Waals surface area contributed by atoms with E-state index in [2.05, 4.69) is 4.98 Å². The van der Waals surface area contributed by atoms with Gasteiger partial charge in [0.05, 0.1) is 29.1 Å². The maximum atomic E-state index is 12.4. The highest BCUT2D eigenvalue weighted by Gasteiger charge is 2.20. The Hall–Kier alpha value is -1.79. The summed E-state index contributed by atoms with van der Waals surface area (Å²) in [6.07, 6.45) is 0. The average molecular weight is 313 g/mol. The lowest BCUT2D eigenvalue weighted by molar-refractivity contribution is 0.396. The van der Waals surface area contributed by atoms with Crippen molar-refractivity contribution in [3.8, 4) is 5.88 Å². The topological polar surface area (TPSA) is 82.3 Å². The van der Waals surface area contributed by atoms with Crippen molar-refractivity contribution in [2.75, 3.05) is 12.8 Å². The number of sulfone groups is 1. The number of hydrogen-bond acceptors (Lipinski definition) is 5. The van der Waals surface area contributed by atoms with Crippen LogP contribution in [0.4, 0.5) is 5.69 Å². The molecule has 1 aromatic carbocycles. The van der Waals surface area contributed by atoms with E-state index in [9.17, 15) is 8.42 Å². The minimum atomic E-state index is -3.62. The fourth-order valence-corrected chi connectivity index (χ4v) is 3.38. The molecule has 1 heterocycles. The largest absolute Gasteiger partial charge is 0.481 e. The number of ether oxygens (including phenoxy) is 1. The van der Waals surface area contributed by atoms with Crippen molar-refractivity contribution in [2.24, 2.45) is 0 Å². The molecule has 0 saturated heterocycles. The molecule has 1 aromatic heterocycles. The predicted octanol–water partition coefficient (Wildman–Crippen LogP) is 2.30. The van der Waals surface area contributed by atoms with Crippen LogP contribution in [0.3, 0.4) is 0 Å². The molecule has 0 bridgehead atoms. The van der Waals surface area contributed by atoms with Gasteiger partial charge in [0.25, 0.3) is 0 Å². The van der Waals surface area contributed by atoms with Crippen LogP contribution in [-0.4, -0.2) is 20.5 Å². The molecule has 0 fully saturated rings. The monoisotopic (exact) mass is 312 g/mol. The Kier molecular flexibility index (Phi) is 4.15. The molecule has 2 aromatic rings. The Balaban J connectivity index is 2.38. The van der Waals surface area contributed by atoms with E-state index < -0.39 is 9.84 Å². The zero-order chi connectivity index (χ0) is 14.8. The lowest BCUT2D eigenvalue weighted by Crippen LogP contribution is -2.09. The van der Waals surface area contributed by atoms with Crippen LogP contribution in [0.1, 0.15) is 5.69 Å². The average Bonchev–Trinajstić information content (AvgIpc) is 2.41. The summed E-state index contributed by atoms with van der Waals surface area (Å²) in [7, 11) is -2.15. The summed E-state index contributed by atoms with van der Waals surface area (Å²) in [4.78, 5) is 4.09. The van der Waals surface area contributed by atoms with Gasteiger partial charge in [0, 0.05) is 11.1 Å². The van der Waals surface area contributed by atoms with Gasteiger partial charge >= 0.3 is 0 Å². The smallest absolute Gasteiger partial charge is 0.213 e. The lowest BCUT2D eigenvalue weighted by Gasteiger charge is -2.08. The second-order valence-corrected chi connectivity index (χ2v) is 6.51. The number of nitrogens with two attached hydrogens (primary N) is 1. The minimum Gasteiger partial charge on any atom is -0.481 e. The summed E-state index contributed by atoms with van der Waals surface area (Å²) in [6, 6.07) is 9.28. The first-order chi connectivity index (χ1) is 9.42. The molecule has 7 heteroatoms. The Morgan fingerprint density at radius 3 is 2.75 bits per heavy atom. The number of nitrogen functional groups attached to an aromatic ring is 1. The zero-order valence-electron chi connectivity index (χ0n) is 10.7. The van der Waals surface area contributed by atoms with Gasteiger partial charge in [-0.15, -0.1) is 0 Å². The maximum absolute atomic E-state index is 12.4. The maximum Gasteiger partial charge on any atom is 0.213 e. The van der Waals surface area contributed by atoms with Crippen molar-refractivity contribution in [1.29, 1.82) is 0 Å². The van der Waals surface area contributed by atoms with Gasteiger partial charge in [0.1, 0.15) is 0 Å². The molecule has 0 aliphatic carbocycles. The van der Waals surface area contributed by atoms with Gasteiger partial charge in [-0.25, -0.2) is 13.4 Å². The standard InChI is InChI=1S/C13H13ClN2O3S/c1-19-13-4-2-3-10(16-13)8-20(17,18)12-7-9(14)5-6-11(12)15/h2-7H,8,15H2,1H3. The quantitative estimate of drug-likeness (QED) is 0.876. The number of rotatable bonds is 4. The van der Waals surface area contributed by atoms with E-state index in [0.717, 1.165) is 0 Å². The van der Waals surface area contributed by atoms with Crippen molar-refractivity contribution in [3.63, 3.8) is 0 Å². The third-order valence-corrected chi connectivity index (χ3v) is 4.57. The molecule has 0 amide bonds. The fourth-order valence-electron chi connectivity index (χ4n) is 1.70. The second kappa shape index (κ2) is 5.68. The molecule has 2 N–H and O–H groups in total. The molecule has 0 aliphatic heterocycles. The fraction of sp³-hybridized carbons (Fsp3) is 0.154. The first kappa shape index (κ1) is 14.6. The van der Waals surface area contributed by atoms with Crippen molar-refractivity contribution in [3.05, 3.63) is 47.1 Å². The van der Waals surface area contributed by atoms with E-state index >= 15 is 0 Å². The van der Waals surface area contributed by atoms with Crippen LogP contribution in [0.15, 0.2) is 41.3 Å². The number of methoxy groups -OCH3 is 1. The van der Waals surface area contributed by atoms with E-state index in [1.807, 2.05) is 0 Å². The summed E-state index contributed by atoms with van der Waals surface area (Å²) >= 11 is 5.82. The first-order valence-corrected chi connectivity index (χ1v) is 7.73. The molecular formula is C13H13ClN2O3S. The summed E-state index contributed by atoms with van der Waals surface area (Å²) in [5.74, 6) is 0.0890. The van der Waals surface area contributed by atoms with Gasteiger partial charge in [-0.3, -0.25) is 0 Å². The Bertz CT molecular complexity index is 732. The molecule has 0 unspecified atom stereocenters. The van der Waals surface area contributed by atoms with Crippen molar-refractivity contribution >= 4 is 27.1 Å². The molecule has 0 spiro atoms. The van der Waals surface area contributed by atoms with E-state index in [1.54, 1.807) is 24.3 Å². The Labute approximate surface area is 122 Å². The van der Waals surface area contributed by atoms with Gasteiger partial charge in [-0.05, 0) is 24.3 Å². The number of hydrogen-bond donors (Lipinski definition) is 1. The summed E-state index contributed by atoms with van der Waals surface area (Å²) in [5.41, 5.74) is 6.24. The van der Waals surface area contributed by atoms with Crippen molar-refractivity contribution in [1.82, 2.24) is 4.98 Å². The van der Waals surface area contributed by atoms with Crippen LogP contribution in [-0.2, 0) is 15.6 Å². The zero-order valence-corrected chi connectivity index (χ0v) is 12.3. The van der Waals surface area contributed by atoms with E-state index in [0.29, 0.717) is 16.6 Å². The summed E-state index contributed by atoms with van der Waals surface area (Å²) in [5, 5.41) is 0.316. The molecule has 0 saturated carbocycles. The molecule has 2 rings (SSSR count). The molecule has 0 atom stereocenters. The molecule has 5 nitrogen and oxygen atoms in total. The van der Waals surface area contributed by atoms with Crippen LogP contribution in [0.5, 0.6) is 5.88 Å². The number of benzene rings is 1. The van der Waals surface area contributed by atoms with Gasteiger partial charge < -0.3 is 10.5 Å². The molecule has 20 heavy (non-hydrogen) atoms. The number of nitrogens with zero attached hydrogens (tertiary/aromatic N) is 1. The van der Waals surface area contributed by atoms with Crippen LogP contribution in [0.2, 0.25) is 5.02 Å². The number of pyridine rings is 1. The van der Waals surface area contributed by atoms with Crippen LogP contribution in [0.25, 0.3) is 0 Å². The molecule has 0 radical (unpaired) electrons. The number of anilines is 1. The highest BCUT2D eigenvalue weighted by molar-refractivity contribution is 7.90. The number of aromatic nitrogens is 1. The normalized spacial score (nSPS) is 11.3. The number of halogens is 1.